The Bertz CT molecular complexity index is 769. The molecule has 1 amide bonds. The molecule has 2 atom stereocenters. The number of carbonyl (C=O) groups excluding carboxylic acids is 1. The Morgan fingerprint density at radius 3 is 2.62 bits per heavy atom. The van der Waals surface area contributed by atoms with Crippen LogP contribution >= 0.6 is 12.4 Å². The van der Waals surface area contributed by atoms with Crippen molar-refractivity contribution in [2.75, 3.05) is 29.7 Å². The molecule has 2 heterocycles. The third-order valence-electron chi connectivity index (χ3n) is 5.34. The van der Waals surface area contributed by atoms with Gasteiger partial charge in [0.05, 0.1) is 11.4 Å². The summed E-state index contributed by atoms with van der Waals surface area (Å²) >= 11 is 0. The highest BCUT2D eigenvalue weighted by Crippen LogP contribution is 2.28. The van der Waals surface area contributed by atoms with Gasteiger partial charge >= 0.3 is 0 Å². The Morgan fingerprint density at radius 1 is 1.31 bits per heavy atom. The number of piperidine rings is 1. The molecule has 2 aliphatic heterocycles. The van der Waals surface area contributed by atoms with E-state index in [9.17, 15) is 13.2 Å². The first-order chi connectivity index (χ1) is 11.8. The fourth-order valence-corrected chi connectivity index (χ4v) is 5.43. The molecule has 1 aromatic carbocycles. The molecule has 2 aliphatic rings. The normalized spacial score (nSPS) is 25.0. The molecule has 26 heavy (non-hydrogen) atoms. The molecule has 0 bridgehead atoms. The molecule has 3 rings (SSSR count). The number of nitrogens with two attached hydrogens (primary N) is 1. The van der Waals surface area contributed by atoms with Crippen molar-refractivity contribution in [2.24, 2.45) is 11.7 Å². The van der Waals surface area contributed by atoms with E-state index in [1.54, 1.807) is 18.2 Å². The van der Waals surface area contributed by atoms with Gasteiger partial charge in [-0.2, -0.15) is 0 Å². The second-order valence-electron chi connectivity index (χ2n) is 7.26. The lowest BCUT2D eigenvalue weighted by molar-refractivity contribution is 0.0573. The summed E-state index contributed by atoms with van der Waals surface area (Å²) in [7, 11) is -3.21. The van der Waals surface area contributed by atoms with Gasteiger partial charge in [-0.05, 0) is 55.9 Å². The van der Waals surface area contributed by atoms with Crippen molar-refractivity contribution in [1.82, 2.24) is 4.90 Å². The Morgan fingerprint density at radius 2 is 2.04 bits per heavy atom. The van der Waals surface area contributed by atoms with Crippen LogP contribution in [-0.2, 0) is 10.0 Å². The molecule has 6 nitrogen and oxygen atoms in total. The second-order valence-corrected chi connectivity index (χ2v) is 9.27. The first-order valence-electron chi connectivity index (χ1n) is 8.95. The van der Waals surface area contributed by atoms with E-state index in [2.05, 4.69) is 6.92 Å². The van der Waals surface area contributed by atoms with Gasteiger partial charge in [0, 0.05) is 31.2 Å². The Hall–Kier alpha value is -1.31. The minimum absolute atomic E-state index is 0. The highest BCUT2D eigenvalue weighted by molar-refractivity contribution is 7.93. The highest BCUT2D eigenvalue weighted by Gasteiger charge is 2.31. The van der Waals surface area contributed by atoms with Gasteiger partial charge in [0.15, 0.2) is 0 Å². The van der Waals surface area contributed by atoms with E-state index >= 15 is 0 Å². The van der Waals surface area contributed by atoms with Crippen LogP contribution in [-0.4, -0.2) is 50.7 Å². The van der Waals surface area contributed by atoms with Gasteiger partial charge in [-0.3, -0.25) is 9.10 Å². The molecule has 146 valence electrons. The summed E-state index contributed by atoms with van der Waals surface area (Å²) in [6, 6.07) is 5.38. The fourth-order valence-electron chi connectivity index (χ4n) is 3.87. The predicted octanol–water partition coefficient (Wildman–Crippen LogP) is 2.16. The molecular formula is C18H28ClN3O3S. The van der Waals surface area contributed by atoms with Gasteiger partial charge in [-0.15, -0.1) is 12.4 Å². The van der Waals surface area contributed by atoms with Crippen LogP contribution < -0.4 is 10.0 Å². The van der Waals surface area contributed by atoms with E-state index in [0.717, 1.165) is 24.9 Å². The van der Waals surface area contributed by atoms with Crippen LogP contribution in [0.3, 0.4) is 0 Å². The van der Waals surface area contributed by atoms with E-state index in [-0.39, 0.29) is 30.1 Å². The lowest BCUT2D eigenvalue weighted by atomic mass is 9.91. The number of likely N-dealkylation sites (tertiary alicyclic amines) is 1. The number of hydrogen-bond donors (Lipinski definition) is 1. The smallest absolute Gasteiger partial charge is 0.254 e. The van der Waals surface area contributed by atoms with E-state index in [1.807, 2.05) is 11.8 Å². The molecule has 2 unspecified atom stereocenters. The molecule has 0 radical (unpaired) electrons. The number of aryl methyl sites for hydroxylation is 1. The Labute approximate surface area is 162 Å². The molecule has 0 spiro atoms. The van der Waals surface area contributed by atoms with E-state index < -0.39 is 10.0 Å². The van der Waals surface area contributed by atoms with Crippen LogP contribution in [0.1, 0.15) is 42.1 Å². The first kappa shape index (κ1) is 21.0. The van der Waals surface area contributed by atoms with E-state index in [4.69, 9.17) is 5.73 Å². The van der Waals surface area contributed by atoms with Crippen molar-refractivity contribution in [2.45, 2.75) is 39.2 Å². The average molecular weight is 402 g/mol. The number of nitrogens with zero attached hydrogens (tertiary/aromatic N) is 2. The van der Waals surface area contributed by atoms with Crippen LogP contribution in [0.2, 0.25) is 0 Å². The molecule has 1 aromatic rings. The third kappa shape index (κ3) is 4.00. The Kier molecular flexibility index (Phi) is 6.58. The van der Waals surface area contributed by atoms with Crippen LogP contribution in [0.25, 0.3) is 0 Å². The molecule has 2 fully saturated rings. The summed E-state index contributed by atoms with van der Waals surface area (Å²) in [6.45, 7) is 5.77. The first-order valence-corrected chi connectivity index (χ1v) is 10.6. The average Bonchev–Trinajstić information content (AvgIpc) is 2.93. The number of halogens is 1. The topological polar surface area (TPSA) is 83.7 Å². The minimum Gasteiger partial charge on any atom is -0.334 e. The number of carbonyl (C=O) groups is 1. The second kappa shape index (κ2) is 8.15. The van der Waals surface area contributed by atoms with E-state index in [1.165, 1.54) is 4.31 Å². The lowest BCUT2D eigenvalue weighted by Crippen LogP contribution is -2.49. The monoisotopic (exact) mass is 401 g/mol. The molecule has 0 aromatic heterocycles. The van der Waals surface area contributed by atoms with Crippen LogP contribution in [0.15, 0.2) is 18.2 Å². The summed E-state index contributed by atoms with van der Waals surface area (Å²) in [5.41, 5.74) is 7.96. The summed E-state index contributed by atoms with van der Waals surface area (Å²) in [5.74, 6) is 0.772. The Balaban J connectivity index is 0.00000243. The van der Waals surface area contributed by atoms with Crippen molar-refractivity contribution in [3.05, 3.63) is 29.3 Å². The molecule has 2 N–H and O–H groups in total. The molecule has 0 saturated carbocycles. The zero-order valence-corrected chi connectivity index (χ0v) is 17.0. The van der Waals surface area contributed by atoms with Crippen molar-refractivity contribution in [1.29, 1.82) is 0 Å². The SMILES string of the molecule is Cc1cc(N2CCCS2(=O)=O)ccc1C(=O)N1CCC(C)CC1CN.Cl. The zero-order valence-electron chi connectivity index (χ0n) is 15.3. The van der Waals surface area contributed by atoms with Crippen molar-refractivity contribution in [3.63, 3.8) is 0 Å². The van der Waals surface area contributed by atoms with Gasteiger partial charge in [0.2, 0.25) is 10.0 Å². The predicted molar refractivity (Wildman–Crippen MR) is 106 cm³/mol. The highest BCUT2D eigenvalue weighted by atomic mass is 35.5. The molecule has 0 aliphatic carbocycles. The van der Waals surface area contributed by atoms with Gasteiger partial charge in [0.25, 0.3) is 5.91 Å². The van der Waals surface area contributed by atoms with Gasteiger partial charge < -0.3 is 10.6 Å². The third-order valence-corrected chi connectivity index (χ3v) is 7.21. The quantitative estimate of drug-likeness (QED) is 0.841. The maximum Gasteiger partial charge on any atom is 0.254 e. The number of sulfonamides is 1. The van der Waals surface area contributed by atoms with Gasteiger partial charge in [-0.25, -0.2) is 8.42 Å². The number of amides is 1. The number of anilines is 1. The number of rotatable bonds is 3. The van der Waals surface area contributed by atoms with Crippen LogP contribution in [0.4, 0.5) is 5.69 Å². The minimum atomic E-state index is -3.21. The fraction of sp³-hybridized carbons (Fsp3) is 0.611. The number of hydrogen-bond acceptors (Lipinski definition) is 4. The largest absolute Gasteiger partial charge is 0.334 e. The van der Waals surface area contributed by atoms with Gasteiger partial charge in [-0.1, -0.05) is 6.92 Å². The maximum atomic E-state index is 13.0. The molecule has 8 heteroatoms. The standard InChI is InChI=1S/C18H27N3O3S.ClH/c1-13-6-8-20(16(10-13)12-19)18(22)17-5-4-15(11-14(17)2)21-7-3-9-25(21,23)24;/h4-5,11,13,16H,3,6-10,12,19H2,1-2H3;1H. The maximum absolute atomic E-state index is 13.0. The zero-order chi connectivity index (χ0) is 18.2. The van der Waals surface area contributed by atoms with Crippen LogP contribution in [0, 0.1) is 12.8 Å². The summed E-state index contributed by atoms with van der Waals surface area (Å²) in [6.07, 6.45) is 2.57. The van der Waals surface area contributed by atoms with E-state index in [0.29, 0.717) is 36.7 Å². The number of benzene rings is 1. The summed E-state index contributed by atoms with van der Waals surface area (Å²) < 4.78 is 25.6. The molecule has 2 saturated heterocycles. The summed E-state index contributed by atoms with van der Waals surface area (Å²) in [4.78, 5) is 14.9. The molecular weight excluding hydrogens is 374 g/mol. The van der Waals surface area contributed by atoms with Crippen LogP contribution in [0.5, 0.6) is 0 Å². The van der Waals surface area contributed by atoms with Gasteiger partial charge in [0.1, 0.15) is 0 Å². The lowest BCUT2D eigenvalue weighted by Gasteiger charge is -2.38. The van der Waals surface area contributed by atoms with Crippen molar-refractivity contribution < 1.29 is 13.2 Å². The summed E-state index contributed by atoms with van der Waals surface area (Å²) in [5, 5.41) is 0. The van der Waals surface area contributed by atoms with Crippen molar-refractivity contribution in [3.8, 4) is 0 Å². The van der Waals surface area contributed by atoms with Crippen molar-refractivity contribution >= 4 is 34.0 Å².